The number of rotatable bonds is 11. The number of methoxy groups -OCH3 is 1. The Bertz CT molecular complexity index is 1080. The Morgan fingerprint density at radius 2 is 2.02 bits per heavy atom. The molecule has 1 saturated heterocycles. The van der Waals surface area contributed by atoms with Gasteiger partial charge < -0.3 is 34.3 Å². The summed E-state index contributed by atoms with van der Waals surface area (Å²) in [6.45, 7) is 9.46. The summed E-state index contributed by atoms with van der Waals surface area (Å²) in [6, 6.07) is -0.726. The van der Waals surface area contributed by atoms with E-state index < -0.39 is 44.1 Å². The second-order valence-electron chi connectivity index (χ2n) is 10.7. The molecule has 0 amide bonds. The van der Waals surface area contributed by atoms with Crippen molar-refractivity contribution >= 4 is 30.9 Å². The predicted molar refractivity (Wildman–Crippen MR) is 153 cm³/mol. The van der Waals surface area contributed by atoms with Gasteiger partial charge in [0.25, 0.3) is 0 Å². The topological polar surface area (TPSA) is 170 Å². The van der Waals surface area contributed by atoms with Crippen molar-refractivity contribution in [2.45, 2.75) is 77.7 Å². The van der Waals surface area contributed by atoms with Crippen LogP contribution in [-0.2, 0) is 27.9 Å². The number of esters is 1. The number of allylic oxidation sites excluding steroid dienone is 1. The Hall–Kier alpha value is -2.15. The van der Waals surface area contributed by atoms with Crippen LogP contribution in [-0.4, -0.2) is 104 Å². The Kier molecular flexibility index (Phi) is 11.1. The number of hydrogen-bond donors (Lipinski definition) is 3. The minimum Gasteiger partial charge on any atom is -0.468 e. The molecule has 0 spiro atoms. The molecule has 0 aromatic heterocycles. The van der Waals surface area contributed by atoms with Gasteiger partial charge in [-0.2, -0.15) is 0 Å². The van der Waals surface area contributed by atoms with E-state index in [0.29, 0.717) is 18.0 Å². The largest absolute Gasteiger partial charge is 0.468 e. The van der Waals surface area contributed by atoms with Crippen LogP contribution in [0.3, 0.4) is 0 Å². The van der Waals surface area contributed by atoms with Crippen LogP contribution in [0.2, 0.25) is 0 Å². The van der Waals surface area contributed by atoms with Gasteiger partial charge >= 0.3 is 13.6 Å². The highest BCUT2D eigenvalue weighted by Gasteiger charge is 2.50. The summed E-state index contributed by atoms with van der Waals surface area (Å²) in [7, 11) is 0.656. The third-order valence-corrected chi connectivity index (χ3v) is 9.47. The molecule has 13 nitrogen and oxygen atoms in total. The van der Waals surface area contributed by atoms with Crippen molar-refractivity contribution in [3.8, 4) is 0 Å². The zero-order chi connectivity index (χ0) is 29.8. The van der Waals surface area contributed by atoms with Crippen LogP contribution in [0, 0.1) is 17.8 Å². The van der Waals surface area contributed by atoms with Crippen molar-refractivity contribution in [2.24, 2.45) is 38.5 Å². The molecule has 4 N–H and O–H groups in total. The summed E-state index contributed by atoms with van der Waals surface area (Å²) in [6.07, 6.45) is 1.10. The second-order valence-corrected chi connectivity index (χ2v) is 12.7. The fourth-order valence-electron chi connectivity index (χ4n) is 5.15. The van der Waals surface area contributed by atoms with Gasteiger partial charge in [0.05, 0.1) is 31.7 Å². The molecule has 0 saturated carbocycles. The first-order valence-electron chi connectivity index (χ1n) is 13.7. The number of hydrogen-bond acceptors (Lipinski definition) is 11. The summed E-state index contributed by atoms with van der Waals surface area (Å²) in [4.78, 5) is 26.6. The molecule has 2 heterocycles. The number of nitrogens with two attached hydrogens (primary N) is 1. The summed E-state index contributed by atoms with van der Waals surface area (Å²) in [5.41, 5.74) is 6.47. The molecule has 1 fully saturated rings. The molecule has 226 valence electrons. The number of aliphatic hydroxyl groups is 1. The van der Waals surface area contributed by atoms with Crippen molar-refractivity contribution in [1.82, 2.24) is 10.2 Å². The van der Waals surface area contributed by atoms with E-state index in [1.165, 1.54) is 7.11 Å². The summed E-state index contributed by atoms with van der Waals surface area (Å²) in [5, 5.41) is 14.1. The average molecular weight is 585 g/mol. The van der Waals surface area contributed by atoms with E-state index in [-0.39, 0.29) is 42.6 Å². The number of aliphatic hydroxyl groups excluding tert-OH is 1. The van der Waals surface area contributed by atoms with Gasteiger partial charge in [0.2, 0.25) is 0 Å². The average Bonchev–Trinajstić information content (AvgIpc) is 3.48. The molecule has 14 heteroatoms. The van der Waals surface area contributed by atoms with Gasteiger partial charge in [-0.05, 0) is 26.2 Å². The number of carbonyl (C=O) groups excluding carboxylic acids is 1. The van der Waals surface area contributed by atoms with Crippen molar-refractivity contribution < 1.29 is 33.0 Å². The highest BCUT2D eigenvalue weighted by Crippen LogP contribution is 2.53. The number of nitrogens with one attached hydrogen (secondary N) is 1. The monoisotopic (exact) mass is 584 g/mol. The van der Waals surface area contributed by atoms with Crippen molar-refractivity contribution in [1.29, 1.82) is 0 Å². The Morgan fingerprint density at radius 1 is 1.32 bits per heavy atom. The number of aliphatic imine (C=N–C) groups is 3. The molecular weight excluding hydrogens is 539 g/mol. The maximum Gasteiger partial charge on any atom is 0.344 e. The second kappa shape index (κ2) is 13.7. The minimum atomic E-state index is -3.84. The first-order valence-corrected chi connectivity index (χ1v) is 15.4. The van der Waals surface area contributed by atoms with Crippen LogP contribution in [0.5, 0.6) is 0 Å². The summed E-state index contributed by atoms with van der Waals surface area (Å²) >= 11 is 0. The molecule has 10 unspecified atom stereocenters. The zero-order valence-corrected chi connectivity index (χ0v) is 25.6. The van der Waals surface area contributed by atoms with Gasteiger partial charge in [0.15, 0.2) is 5.84 Å². The van der Waals surface area contributed by atoms with Crippen LogP contribution >= 0.6 is 7.60 Å². The predicted octanol–water partition coefficient (Wildman–Crippen LogP) is 1.76. The van der Waals surface area contributed by atoms with Gasteiger partial charge in [-0.3, -0.25) is 29.7 Å². The van der Waals surface area contributed by atoms with E-state index >= 15 is 0 Å². The molecule has 2 aliphatic heterocycles. The highest BCUT2D eigenvalue weighted by molar-refractivity contribution is 7.53. The van der Waals surface area contributed by atoms with E-state index in [1.54, 1.807) is 27.9 Å². The van der Waals surface area contributed by atoms with E-state index in [4.69, 9.17) is 24.3 Å². The van der Waals surface area contributed by atoms with E-state index in [2.05, 4.69) is 33.3 Å². The van der Waals surface area contributed by atoms with Gasteiger partial charge in [0, 0.05) is 25.9 Å². The van der Waals surface area contributed by atoms with Crippen LogP contribution in [0.25, 0.3) is 0 Å². The molecule has 0 bridgehead atoms. The van der Waals surface area contributed by atoms with E-state index in [0.717, 1.165) is 0 Å². The number of nitrogens with zero attached hydrogens (tertiary/aromatic N) is 4. The smallest absolute Gasteiger partial charge is 0.344 e. The molecule has 40 heavy (non-hydrogen) atoms. The fraction of sp³-hybridized carbons (Fsp3) is 0.769. The van der Waals surface area contributed by atoms with Crippen LogP contribution < -0.4 is 11.1 Å². The maximum atomic E-state index is 14.2. The minimum absolute atomic E-state index is 0.0226. The Labute approximate surface area is 236 Å². The Balaban J connectivity index is 1.77. The van der Waals surface area contributed by atoms with Crippen LogP contribution in [0.4, 0.5) is 0 Å². The molecule has 3 rings (SSSR count). The molecule has 10 atom stereocenters. The summed E-state index contributed by atoms with van der Waals surface area (Å²) < 4.78 is 37.6. The van der Waals surface area contributed by atoms with Crippen LogP contribution in [0.15, 0.2) is 27.1 Å². The molecule has 0 aromatic carbocycles. The van der Waals surface area contributed by atoms with Gasteiger partial charge in [-0.25, -0.2) is 0 Å². The number of amidine groups is 2. The molecular formula is C26H45N6O7P. The lowest BCUT2D eigenvalue weighted by Gasteiger charge is -2.34. The SMILES string of the molecule is CN=C(N)C1=NCN(C2OC(C(C)OP(=O)(CNC(C)C(=O)OC)OC3CC(C)C=CC3C)C(O)C2C)C1=NC. The number of carbonyl (C=O) groups is 1. The highest BCUT2D eigenvalue weighted by atomic mass is 31.2. The number of ether oxygens (including phenoxy) is 2. The standard InChI is InChI=1S/C26H45N6O7P/c1-14-9-10-15(2)19(11-14)39-40(35,13-31-17(4)26(34)36-8)38-18(5)22-21(33)16(3)25(37-22)32-12-30-20(23(27)28-6)24(32)29-7/h9-10,14-19,21-22,25,31,33H,11-13H2,1-8H3,(H2,27,28). The van der Waals surface area contributed by atoms with Crippen molar-refractivity contribution in [2.75, 3.05) is 34.2 Å². The maximum absolute atomic E-state index is 14.2. The fourth-order valence-corrected chi connectivity index (χ4v) is 7.17. The molecule has 1 aliphatic carbocycles. The molecule has 3 aliphatic rings. The van der Waals surface area contributed by atoms with Gasteiger partial charge in [-0.1, -0.05) is 32.9 Å². The quantitative estimate of drug-likeness (QED) is 0.107. The Morgan fingerprint density at radius 3 is 2.65 bits per heavy atom. The molecule has 0 aromatic rings. The third-order valence-electron chi connectivity index (χ3n) is 7.65. The normalized spacial score (nSPS) is 35.0. The third kappa shape index (κ3) is 7.18. The van der Waals surface area contributed by atoms with E-state index in [9.17, 15) is 14.5 Å². The van der Waals surface area contributed by atoms with Gasteiger partial charge in [0.1, 0.15) is 36.6 Å². The van der Waals surface area contributed by atoms with Gasteiger partial charge in [-0.15, -0.1) is 0 Å². The lowest BCUT2D eigenvalue weighted by molar-refractivity contribution is -0.142. The van der Waals surface area contributed by atoms with Crippen LogP contribution in [0.1, 0.15) is 41.0 Å². The van der Waals surface area contributed by atoms with Crippen molar-refractivity contribution in [3.63, 3.8) is 0 Å². The molecule has 0 radical (unpaired) electrons. The van der Waals surface area contributed by atoms with E-state index in [1.807, 2.05) is 24.8 Å². The first-order chi connectivity index (χ1) is 18.8. The van der Waals surface area contributed by atoms with Crippen molar-refractivity contribution in [3.05, 3.63) is 12.2 Å². The summed E-state index contributed by atoms with van der Waals surface area (Å²) in [5.74, 6) is 0.200. The zero-order valence-electron chi connectivity index (χ0n) is 24.7. The lowest BCUT2D eigenvalue weighted by atomic mass is 9.88. The lowest BCUT2D eigenvalue weighted by Crippen LogP contribution is -2.45. The first kappa shape index (κ1) is 32.4.